The van der Waals surface area contributed by atoms with Crippen LogP contribution in [0.25, 0.3) is 0 Å². The third-order valence-corrected chi connectivity index (χ3v) is 28.2. The molecule has 8 aliphatic heterocycles. The second kappa shape index (κ2) is 66.7. The maximum atomic E-state index is 13.7. The Balaban J connectivity index is 0.986. The largest absolute Gasteiger partial charge is 0.394 e. The van der Waals surface area contributed by atoms with Gasteiger partial charge in [-0.3, -0.25) is 24.0 Å². The molecular formula is C98H175N5O43. The third-order valence-electron chi connectivity index (χ3n) is 28.2. The minimum absolute atomic E-state index is 0.133. The normalized spacial score (nSPS) is 37.6. The standard InChI is InChI=1S/C98H175N5O43/c1-7-9-11-13-15-17-19-21-22-23-24-25-26-27-28-30-32-34-36-38-40-42-66(116)103-56(57(115)41-39-37-35-33-31-29-20-18-16-14-12-10-8-2)50-131-95-81(127)80(126)85(64(49-110)139-95)141-96-82(128)89(76(122)62(47-108)137-96)145-93-70(102-55(6)114)87(74(120)61(46-107)135-93)143-98-84(130)90(77(123)65(140-98)51-132-91-67(99-52(3)111)78(124)71(117)58(43-104)133-91)146-94-69(101-54(5)113)86(73(119)60(45-106)136-94)142-97-83(129)88(75(121)63(48-109)138-97)144-92-68(100-53(4)112)79(125)72(118)59(44-105)134-92/h39,41,56-65,67-98,104-110,115,117-130H,7-38,40,42-51H2,1-6H3,(H,99,111)(H,100,112)(H,101,113)(H,102,114)(H,103,116)/b41-39+/t56-,57+,58?,59?,60?,61?,62?,63?,64?,65?,67?,68?,69?,70?,71+,72-,73+,74+,75-,76-,77-,78+,79+,80+,81?,82?,83?,84?,85+,86+,87+,88-,89-,90-,91+,92+,93-,94-,95+,96-,97-,98-/m0/s1. The van der Waals surface area contributed by atoms with Crippen LogP contribution in [0.3, 0.4) is 0 Å². The molecule has 8 heterocycles. The van der Waals surface area contributed by atoms with E-state index in [-0.39, 0.29) is 12.3 Å². The lowest BCUT2D eigenvalue weighted by atomic mass is 9.93. The smallest absolute Gasteiger partial charge is 0.220 e. The van der Waals surface area contributed by atoms with Gasteiger partial charge in [-0.1, -0.05) is 219 Å². The summed E-state index contributed by atoms with van der Waals surface area (Å²) < 4.78 is 97.0. The van der Waals surface area contributed by atoms with Crippen molar-refractivity contribution in [3.05, 3.63) is 12.2 Å². The predicted molar refractivity (Wildman–Crippen MR) is 510 cm³/mol. The van der Waals surface area contributed by atoms with Crippen LogP contribution in [-0.2, 0) is 99.8 Å². The van der Waals surface area contributed by atoms with Gasteiger partial charge in [-0.25, -0.2) is 0 Å². The Morgan fingerprint density at radius 1 is 0.274 bits per heavy atom. The molecular weight excluding hydrogens is 1940 g/mol. The van der Waals surface area contributed by atoms with Gasteiger partial charge in [0.15, 0.2) is 50.3 Å². The fraction of sp³-hybridized carbons (Fsp3) is 0.929. The van der Waals surface area contributed by atoms with E-state index >= 15 is 0 Å². The van der Waals surface area contributed by atoms with Crippen LogP contribution in [0.5, 0.6) is 0 Å². The van der Waals surface area contributed by atoms with E-state index in [0.717, 1.165) is 85.5 Å². The van der Waals surface area contributed by atoms with Gasteiger partial charge in [0.1, 0.15) is 195 Å². The molecule has 42 atom stereocenters. The first-order valence-electron chi connectivity index (χ1n) is 53.0. The molecule has 8 saturated heterocycles. The SMILES string of the molecule is CCCCCCCCCCCCC/C=C/[C@@H](O)[C@H](CO[C@@H]1OC(CO)[C@@H](O[C@@H]2OC(CO)[C@H](O)[C@H](O[C@@H]3OC(CO)[C@@H](O)[C@H](O[C@@H]4OC(CO[C@@H]5OC(CO)[C@@H](O)[C@H](O)C5NC(C)=O)[C@H](O)[C@H](O[C@@H]5OC(CO)[C@@H](O)[C@H](O[C@@H]6OC(CO)[C@H](O)[C@H](O[C@H]7OC(CO)[C@H](O)[C@H](O)C7NC(C)=O)C6O)C5NC(C)=O)C4O)C3NC(C)=O)C2O)[C@H](O)C1O)NC(=O)CCCCCCCCCCCCCCCCCCCCCCC. The van der Waals surface area contributed by atoms with Crippen LogP contribution < -0.4 is 26.6 Å². The summed E-state index contributed by atoms with van der Waals surface area (Å²) in [6.45, 7) is -0.690. The average molecular weight is 2110 g/mol. The zero-order chi connectivity index (χ0) is 107. The molecule has 0 saturated carbocycles. The van der Waals surface area contributed by atoms with Crippen molar-refractivity contribution in [2.75, 3.05) is 59.5 Å². The molecule has 5 amide bonds. The molecule has 27 N–H and O–H groups in total. The van der Waals surface area contributed by atoms with Crippen LogP contribution in [0.2, 0.25) is 0 Å². The topological polar surface area (TPSA) is 738 Å². The molecule has 0 spiro atoms. The first-order chi connectivity index (χ1) is 70.0. The maximum absolute atomic E-state index is 13.7. The second-order valence-electron chi connectivity index (χ2n) is 39.9. The quantitative estimate of drug-likeness (QED) is 0.0203. The lowest BCUT2D eigenvalue weighted by Gasteiger charge is -2.51. The predicted octanol–water partition coefficient (Wildman–Crippen LogP) is -4.15. The van der Waals surface area contributed by atoms with E-state index in [1.165, 1.54) is 141 Å². The monoisotopic (exact) mass is 2110 g/mol. The molecule has 146 heavy (non-hydrogen) atoms. The van der Waals surface area contributed by atoms with Gasteiger partial charge in [0.2, 0.25) is 29.5 Å². The first kappa shape index (κ1) is 127. The van der Waals surface area contributed by atoms with E-state index in [0.29, 0.717) is 12.8 Å². The minimum Gasteiger partial charge on any atom is -0.394 e. The zero-order valence-corrected chi connectivity index (χ0v) is 85.2. The van der Waals surface area contributed by atoms with Gasteiger partial charge in [0.05, 0.1) is 71.6 Å². The number of ether oxygens (including phenoxy) is 16. The van der Waals surface area contributed by atoms with Crippen molar-refractivity contribution in [1.82, 2.24) is 26.6 Å². The molecule has 0 aromatic heterocycles. The van der Waals surface area contributed by atoms with Crippen LogP contribution in [0, 0.1) is 0 Å². The van der Waals surface area contributed by atoms with Gasteiger partial charge in [0.25, 0.3) is 0 Å². The van der Waals surface area contributed by atoms with E-state index in [4.69, 9.17) is 75.8 Å². The molecule has 48 heteroatoms. The Morgan fingerprint density at radius 3 is 0.904 bits per heavy atom. The summed E-state index contributed by atoms with van der Waals surface area (Å²) in [4.78, 5) is 65.9. The van der Waals surface area contributed by atoms with Crippen molar-refractivity contribution in [2.24, 2.45) is 0 Å². The number of rotatable bonds is 66. The van der Waals surface area contributed by atoms with Crippen molar-refractivity contribution in [1.29, 1.82) is 0 Å². The summed E-state index contributed by atoms with van der Waals surface area (Å²) in [5.74, 6) is -4.00. The average Bonchev–Trinajstić information content (AvgIpc) is 0.779. The number of nitrogens with one attached hydrogen (secondary N) is 5. The van der Waals surface area contributed by atoms with Gasteiger partial charge in [-0.2, -0.15) is 0 Å². The van der Waals surface area contributed by atoms with Crippen LogP contribution in [-0.4, -0.2) is 459 Å². The summed E-state index contributed by atoms with van der Waals surface area (Å²) in [5.41, 5.74) is 0. The Bertz CT molecular complexity index is 3650. The molecule has 16 unspecified atom stereocenters. The van der Waals surface area contributed by atoms with Crippen molar-refractivity contribution in [2.45, 2.75) is 517 Å². The number of aliphatic hydroxyl groups excluding tert-OH is 22. The number of amides is 5. The summed E-state index contributed by atoms with van der Waals surface area (Å²) in [7, 11) is 0. The molecule has 48 nitrogen and oxygen atoms in total. The number of hydrogen-bond donors (Lipinski definition) is 27. The van der Waals surface area contributed by atoms with Gasteiger partial charge in [-0.15, -0.1) is 0 Å². The highest BCUT2D eigenvalue weighted by atomic mass is 16.8. The summed E-state index contributed by atoms with van der Waals surface area (Å²) in [6.07, 6.45) is -33.8. The molecule has 8 aliphatic rings. The van der Waals surface area contributed by atoms with Crippen molar-refractivity contribution >= 4 is 29.5 Å². The van der Waals surface area contributed by atoms with Gasteiger partial charge >= 0.3 is 0 Å². The Labute approximate surface area is 853 Å². The number of allylic oxidation sites excluding steroid dienone is 1. The molecule has 0 radical (unpaired) electrons. The van der Waals surface area contributed by atoms with Crippen molar-refractivity contribution in [3.63, 3.8) is 0 Å². The van der Waals surface area contributed by atoms with Crippen LogP contribution in [0.4, 0.5) is 0 Å². The number of aliphatic hydroxyl groups is 22. The zero-order valence-electron chi connectivity index (χ0n) is 85.2. The van der Waals surface area contributed by atoms with E-state index in [1.54, 1.807) is 6.08 Å². The fourth-order valence-corrected chi connectivity index (χ4v) is 19.8. The summed E-state index contributed by atoms with van der Waals surface area (Å²) >= 11 is 0. The summed E-state index contributed by atoms with van der Waals surface area (Å²) in [5, 5.41) is 265. The van der Waals surface area contributed by atoms with Gasteiger partial charge in [-0.05, 0) is 19.3 Å². The number of carbonyl (C=O) groups excluding carboxylic acids is 5. The second-order valence-corrected chi connectivity index (χ2v) is 39.9. The van der Waals surface area contributed by atoms with Gasteiger partial charge in [0, 0.05) is 34.1 Å². The van der Waals surface area contributed by atoms with Crippen molar-refractivity contribution < 1.29 is 212 Å². The maximum Gasteiger partial charge on any atom is 0.220 e. The number of hydrogen-bond acceptors (Lipinski definition) is 43. The Hall–Kier alpha value is -4.43. The van der Waals surface area contributed by atoms with Crippen LogP contribution >= 0.6 is 0 Å². The molecule has 850 valence electrons. The fourth-order valence-electron chi connectivity index (χ4n) is 19.8. The molecule has 0 bridgehead atoms. The van der Waals surface area contributed by atoms with E-state index in [1.807, 2.05) is 6.08 Å². The van der Waals surface area contributed by atoms with E-state index in [9.17, 15) is 136 Å². The van der Waals surface area contributed by atoms with E-state index in [2.05, 4.69) is 40.4 Å². The molecule has 0 aromatic rings. The number of carbonyl (C=O) groups is 5. The lowest BCUT2D eigenvalue weighted by Crippen LogP contribution is -2.71. The molecule has 0 aliphatic carbocycles. The molecule has 8 rings (SSSR count). The lowest BCUT2D eigenvalue weighted by molar-refractivity contribution is -0.389. The number of unbranched alkanes of at least 4 members (excludes halogenated alkanes) is 31. The third kappa shape index (κ3) is 38.0. The first-order valence-corrected chi connectivity index (χ1v) is 53.0. The minimum atomic E-state index is -2.54. The highest BCUT2D eigenvalue weighted by molar-refractivity contribution is 5.76. The van der Waals surface area contributed by atoms with Crippen LogP contribution in [0.1, 0.15) is 260 Å². The highest BCUT2D eigenvalue weighted by Gasteiger charge is 2.61. The van der Waals surface area contributed by atoms with Crippen molar-refractivity contribution in [3.8, 4) is 0 Å². The summed E-state index contributed by atoms with van der Waals surface area (Å²) in [6, 6.07) is -8.57. The molecule has 0 aromatic carbocycles. The van der Waals surface area contributed by atoms with Crippen LogP contribution in [0.15, 0.2) is 12.2 Å². The molecule has 8 fully saturated rings. The Kier molecular flexibility index (Phi) is 57.9. The highest BCUT2D eigenvalue weighted by Crippen LogP contribution is 2.41. The van der Waals surface area contributed by atoms with Gasteiger partial charge < -0.3 is 215 Å². The van der Waals surface area contributed by atoms with E-state index < -0.39 is 341 Å². The Morgan fingerprint density at radius 2 is 0.548 bits per heavy atom.